The van der Waals surface area contributed by atoms with E-state index in [1.54, 1.807) is 25.1 Å². The van der Waals surface area contributed by atoms with Crippen molar-refractivity contribution >= 4 is 17.4 Å². The quantitative estimate of drug-likeness (QED) is 0.567. The zero-order chi connectivity index (χ0) is 18.7. The largest absolute Gasteiger partial charge is 0.360 e. The summed E-state index contributed by atoms with van der Waals surface area (Å²) in [6.07, 6.45) is 5.28. The molecule has 1 fully saturated rings. The number of amides is 1. The molecule has 1 aliphatic rings. The van der Waals surface area contributed by atoms with Gasteiger partial charge in [-0.15, -0.1) is 0 Å². The molecule has 1 aromatic carbocycles. The third-order valence-corrected chi connectivity index (χ3v) is 4.35. The first-order valence-corrected chi connectivity index (χ1v) is 8.13. The maximum Gasteiger partial charge on any atom is 0.236 e. The number of hydrogen-bond acceptors (Lipinski definition) is 4. The van der Waals surface area contributed by atoms with Crippen LogP contribution in [0.15, 0.2) is 48.8 Å². The molecule has 1 heterocycles. The second-order valence-corrected chi connectivity index (χ2v) is 6.20. The van der Waals surface area contributed by atoms with Gasteiger partial charge >= 0.3 is 0 Å². The van der Waals surface area contributed by atoms with Gasteiger partial charge in [-0.05, 0) is 31.9 Å². The van der Waals surface area contributed by atoms with Crippen LogP contribution in [0.4, 0.5) is 14.5 Å². The predicted octanol–water partition coefficient (Wildman–Crippen LogP) is 3.42. The Morgan fingerprint density at radius 3 is 2.65 bits per heavy atom. The van der Waals surface area contributed by atoms with E-state index in [0.29, 0.717) is 29.8 Å². The first kappa shape index (κ1) is 17.7. The molecular formula is C19H18F2N4O. The van der Waals surface area contributed by atoms with Crippen LogP contribution in [0.5, 0.6) is 0 Å². The van der Waals surface area contributed by atoms with Gasteiger partial charge in [0.25, 0.3) is 0 Å². The van der Waals surface area contributed by atoms with Crippen molar-refractivity contribution in [1.82, 2.24) is 10.3 Å². The molecule has 1 amide bonds. The molecule has 7 heteroatoms. The Hall–Kier alpha value is -3.09. The molecule has 0 aliphatic heterocycles. The lowest BCUT2D eigenvalue weighted by Crippen LogP contribution is -2.38. The minimum Gasteiger partial charge on any atom is -0.360 e. The highest BCUT2D eigenvalue weighted by Gasteiger charge is 2.52. The van der Waals surface area contributed by atoms with Crippen molar-refractivity contribution in [3.05, 3.63) is 71.7 Å². The van der Waals surface area contributed by atoms with Crippen molar-refractivity contribution < 1.29 is 13.6 Å². The SMILES string of the molecule is Cc1ncc(N/C=C\C(=N)NC(=O)C2(c3ccccc3F)CC2)cc1F. The lowest BCUT2D eigenvalue weighted by molar-refractivity contribution is -0.122. The first-order chi connectivity index (χ1) is 12.4. The van der Waals surface area contributed by atoms with E-state index in [2.05, 4.69) is 15.6 Å². The predicted molar refractivity (Wildman–Crippen MR) is 94.9 cm³/mol. The number of nitrogens with zero attached hydrogens (tertiary/aromatic N) is 1. The molecule has 26 heavy (non-hydrogen) atoms. The zero-order valence-electron chi connectivity index (χ0n) is 14.1. The van der Waals surface area contributed by atoms with Gasteiger partial charge in [-0.2, -0.15) is 0 Å². The molecule has 134 valence electrons. The number of amidine groups is 1. The van der Waals surface area contributed by atoms with Crippen molar-refractivity contribution in [2.45, 2.75) is 25.2 Å². The summed E-state index contributed by atoms with van der Waals surface area (Å²) >= 11 is 0. The molecule has 0 spiro atoms. The molecule has 0 saturated heterocycles. The van der Waals surface area contributed by atoms with Crippen LogP contribution in [0.1, 0.15) is 24.1 Å². The monoisotopic (exact) mass is 356 g/mol. The van der Waals surface area contributed by atoms with Gasteiger partial charge in [0.1, 0.15) is 17.5 Å². The van der Waals surface area contributed by atoms with Gasteiger partial charge in [-0.1, -0.05) is 18.2 Å². The Balaban J connectivity index is 1.60. The summed E-state index contributed by atoms with van der Waals surface area (Å²) in [5, 5.41) is 13.1. The topological polar surface area (TPSA) is 77.9 Å². The van der Waals surface area contributed by atoms with Crippen LogP contribution in [0, 0.1) is 24.0 Å². The number of pyridine rings is 1. The molecule has 3 N–H and O–H groups in total. The average Bonchev–Trinajstić information content (AvgIpc) is 3.40. The van der Waals surface area contributed by atoms with E-state index >= 15 is 0 Å². The Morgan fingerprint density at radius 1 is 1.27 bits per heavy atom. The first-order valence-electron chi connectivity index (χ1n) is 8.13. The molecule has 1 aromatic heterocycles. The number of carbonyl (C=O) groups is 1. The summed E-state index contributed by atoms with van der Waals surface area (Å²) in [5.41, 5.74) is 0.174. The van der Waals surface area contributed by atoms with Crippen LogP contribution < -0.4 is 10.6 Å². The molecule has 2 aromatic rings. The van der Waals surface area contributed by atoms with E-state index in [-0.39, 0.29) is 5.84 Å². The Bertz CT molecular complexity index is 891. The highest BCUT2D eigenvalue weighted by molar-refractivity contribution is 6.07. The lowest BCUT2D eigenvalue weighted by atomic mass is 9.94. The normalized spacial score (nSPS) is 14.9. The maximum absolute atomic E-state index is 14.0. The second-order valence-electron chi connectivity index (χ2n) is 6.20. The highest BCUT2D eigenvalue weighted by atomic mass is 19.1. The van der Waals surface area contributed by atoms with Gasteiger partial charge in [0, 0.05) is 17.8 Å². The molecule has 1 aliphatic carbocycles. The Kier molecular flexibility index (Phi) is 4.79. The lowest BCUT2D eigenvalue weighted by Gasteiger charge is -2.16. The van der Waals surface area contributed by atoms with Crippen LogP contribution in [-0.4, -0.2) is 16.7 Å². The van der Waals surface area contributed by atoms with Crippen molar-refractivity contribution in [2.75, 3.05) is 5.32 Å². The standard InChI is InChI=1S/C19H18F2N4O/c1-12-16(21)10-13(11-24-12)23-9-6-17(22)25-18(26)19(7-8-19)14-4-2-3-5-15(14)20/h2-6,9-11,23H,7-8H2,1H3,(H2,22,25,26)/b9-6-. The fourth-order valence-electron chi connectivity index (χ4n) is 2.68. The number of anilines is 1. The smallest absolute Gasteiger partial charge is 0.236 e. The van der Waals surface area contributed by atoms with E-state index in [0.717, 1.165) is 0 Å². The van der Waals surface area contributed by atoms with E-state index in [9.17, 15) is 13.6 Å². The summed E-state index contributed by atoms with van der Waals surface area (Å²) in [6.45, 7) is 1.56. The summed E-state index contributed by atoms with van der Waals surface area (Å²) < 4.78 is 27.4. The van der Waals surface area contributed by atoms with Crippen molar-refractivity contribution in [3.8, 4) is 0 Å². The van der Waals surface area contributed by atoms with Crippen LogP contribution in [-0.2, 0) is 10.2 Å². The second kappa shape index (κ2) is 7.03. The van der Waals surface area contributed by atoms with E-state index in [1.807, 2.05) is 0 Å². The van der Waals surface area contributed by atoms with E-state index in [4.69, 9.17) is 5.41 Å². The third-order valence-electron chi connectivity index (χ3n) is 4.35. The number of rotatable bonds is 5. The minimum atomic E-state index is -0.900. The number of aromatic nitrogens is 1. The number of carbonyl (C=O) groups excluding carboxylic acids is 1. The van der Waals surface area contributed by atoms with E-state index < -0.39 is 23.0 Å². The summed E-state index contributed by atoms with van der Waals surface area (Å²) in [5.74, 6) is -1.41. The van der Waals surface area contributed by atoms with Crippen LogP contribution in [0.3, 0.4) is 0 Å². The van der Waals surface area contributed by atoms with Crippen LogP contribution in [0.25, 0.3) is 0 Å². The molecule has 0 unspecified atom stereocenters. The number of benzene rings is 1. The van der Waals surface area contributed by atoms with Gasteiger partial charge in [-0.25, -0.2) is 8.78 Å². The summed E-state index contributed by atoms with van der Waals surface area (Å²) in [6, 6.07) is 7.47. The van der Waals surface area contributed by atoms with Gasteiger partial charge in [0.15, 0.2) is 0 Å². The van der Waals surface area contributed by atoms with E-state index in [1.165, 1.54) is 30.6 Å². The Labute approximate surface area is 149 Å². The fourth-order valence-corrected chi connectivity index (χ4v) is 2.68. The van der Waals surface area contributed by atoms with Gasteiger partial charge in [-0.3, -0.25) is 15.2 Å². The third kappa shape index (κ3) is 3.61. The number of nitrogens with one attached hydrogen (secondary N) is 3. The van der Waals surface area contributed by atoms with Gasteiger partial charge in [0.05, 0.1) is 23.0 Å². The van der Waals surface area contributed by atoms with Gasteiger partial charge in [0.2, 0.25) is 5.91 Å². The summed E-state index contributed by atoms with van der Waals surface area (Å²) in [7, 11) is 0. The molecule has 0 atom stereocenters. The average molecular weight is 356 g/mol. The van der Waals surface area contributed by atoms with Crippen molar-refractivity contribution in [1.29, 1.82) is 5.41 Å². The van der Waals surface area contributed by atoms with Crippen molar-refractivity contribution in [2.24, 2.45) is 0 Å². The number of aryl methyl sites for hydroxylation is 1. The van der Waals surface area contributed by atoms with Crippen molar-refractivity contribution in [3.63, 3.8) is 0 Å². The molecule has 3 rings (SSSR count). The van der Waals surface area contributed by atoms with Crippen LogP contribution in [0.2, 0.25) is 0 Å². The Morgan fingerprint density at radius 2 is 2.00 bits per heavy atom. The summed E-state index contributed by atoms with van der Waals surface area (Å²) in [4.78, 5) is 16.4. The number of hydrogen-bond donors (Lipinski definition) is 3. The molecule has 0 radical (unpaired) electrons. The molecule has 1 saturated carbocycles. The fraction of sp³-hybridized carbons (Fsp3) is 0.211. The highest BCUT2D eigenvalue weighted by Crippen LogP contribution is 2.49. The van der Waals surface area contributed by atoms with Gasteiger partial charge < -0.3 is 10.6 Å². The number of halogens is 2. The molecule has 0 bridgehead atoms. The van der Waals surface area contributed by atoms with Crippen LogP contribution >= 0.6 is 0 Å². The zero-order valence-corrected chi connectivity index (χ0v) is 14.1. The molecular weight excluding hydrogens is 338 g/mol. The molecule has 5 nitrogen and oxygen atoms in total. The minimum absolute atomic E-state index is 0.148. The maximum atomic E-state index is 14.0.